The molecule has 0 saturated carbocycles. The molecule has 1 heterocycles. The highest BCUT2D eigenvalue weighted by molar-refractivity contribution is 5.75. The van der Waals surface area contributed by atoms with E-state index in [-0.39, 0.29) is 0 Å². The van der Waals surface area contributed by atoms with Crippen LogP contribution in [0, 0.1) is 6.92 Å². The van der Waals surface area contributed by atoms with Crippen molar-refractivity contribution >= 4 is 11.0 Å². The third kappa shape index (κ3) is 3.28. The van der Waals surface area contributed by atoms with Gasteiger partial charge in [0.25, 0.3) is 0 Å². The molecule has 0 atom stereocenters. The first-order valence-corrected chi connectivity index (χ1v) is 7.54. The Bertz CT molecular complexity index is 764. The molecule has 22 heavy (non-hydrogen) atoms. The first-order valence-electron chi connectivity index (χ1n) is 7.54. The lowest BCUT2D eigenvalue weighted by Gasteiger charge is -2.08. The number of benzene rings is 2. The largest absolute Gasteiger partial charge is 0.496 e. The van der Waals surface area contributed by atoms with E-state index in [2.05, 4.69) is 46.5 Å². The Kier molecular flexibility index (Phi) is 4.39. The molecule has 0 aliphatic rings. The summed E-state index contributed by atoms with van der Waals surface area (Å²) in [5.41, 5.74) is 4.56. The van der Waals surface area contributed by atoms with E-state index in [0.29, 0.717) is 0 Å². The van der Waals surface area contributed by atoms with Gasteiger partial charge in [-0.15, -0.1) is 0 Å². The zero-order chi connectivity index (χ0) is 15.4. The van der Waals surface area contributed by atoms with E-state index in [1.54, 1.807) is 7.11 Å². The minimum absolute atomic E-state index is 0.795. The molecule has 0 fully saturated rings. The number of nitrogens with one attached hydrogen (secondary N) is 2. The van der Waals surface area contributed by atoms with Crippen LogP contribution in [0.5, 0.6) is 5.75 Å². The molecule has 2 N–H and O–H groups in total. The molecule has 0 saturated heterocycles. The van der Waals surface area contributed by atoms with Gasteiger partial charge in [0.15, 0.2) is 0 Å². The van der Waals surface area contributed by atoms with E-state index >= 15 is 0 Å². The molecule has 1 aromatic heterocycles. The summed E-state index contributed by atoms with van der Waals surface area (Å²) < 4.78 is 5.35. The average Bonchev–Trinajstić information content (AvgIpc) is 2.93. The van der Waals surface area contributed by atoms with Crippen molar-refractivity contribution in [3.05, 3.63) is 59.4 Å². The fourth-order valence-corrected chi connectivity index (χ4v) is 2.57. The SMILES string of the molecule is COc1ccccc1CNCCc1nc2ccc(C)cc2[nH]1. The maximum Gasteiger partial charge on any atom is 0.123 e. The van der Waals surface area contributed by atoms with Gasteiger partial charge in [-0.2, -0.15) is 0 Å². The summed E-state index contributed by atoms with van der Waals surface area (Å²) in [7, 11) is 1.70. The Balaban J connectivity index is 1.56. The zero-order valence-corrected chi connectivity index (χ0v) is 13.0. The van der Waals surface area contributed by atoms with Gasteiger partial charge in [-0.1, -0.05) is 24.3 Å². The Morgan fingerprint density at radius 2 is 2.05 bits per heavy atom. The van der Waals surface area contributed by atoms with E-state index < -0.39 is 0 Å². The molecule has 0 radical (unpaired) electrons. The van der Waals surface area contributed by atoms with Crippen LogP contribution in [0.15, 0.2) is 42.5 Å². The second kappa shape index (κ2) is 6.62. The van der Waals surface area contributed by atoms with Gasteiger partial charge < -0.3 is 15.0 Å². The quantitative estimate of drug-likeness (QED) is 0.687. The van der Waals surface area contributed by atoms with Crippen molar-refractivity contribution in [2.75, 3.05) is 13.7 Å². The number of nitrogens with zero attached hydrogens (tertiary/aromatic N) is 1. The number of aromatic nitrogens is 2. The van der Waals surface area contributed by atoms with Crippen LogP contribution in [0.2, 0.25) is 0 Å². The molecule has 4 nitrogen and oxygen atoms in total. The second-order valence-electron chi connectivity index (χ2n) is 5.44. The lowest BCUT2D eigenvalue weighted by Crippen LogP contribution is -2.17. The molecule has 3 rings (SSSR count). The molecule has 0 bridgehead atoms. The number of ether oxygens (including phenoxy) is 1. The third-order valence-corrected chi connectivity index (χ3v) is 3.73. The third-order valence-electron chi connectivity index (χ3n) is 3.73. The highest BCUT2D eigenvalue weighted by Crippen LogP contribution is 2.17. The number of methoxy groups -OCH3 is 1. The molecule has 0 aliphatic carbocycles. The number of hydrogen-bond donors (Lipinski definition) is 2. The normalized spacial score (nSPS) is 11.0. The highest BCUT2D eigenvalue weighted by atomic mass is 16.5. The molecule has 0 unspecified atom stereocenters. The van der Waals surface area contributed by atoms with E-state index in [4.69, 9.17) is 4.74 Å². The number of aryl methyl sites for hydroxylation is 1. The minimum Gasteiger partial charge on any atom is -0.496 e. The Labute approximate surface area is 130 Å². The van der Waals surface area contributed by atoms with Gasteiger partial charge in [-0.3, -0.25) is 0 Å². The van der Waals surface area contributed by atoms with Gasteiger partial charge in [0, 0.05) is 25.1 Å². The summed E-state index contributed by atoms with van der Waals surface area (Å²) in [5.74, 6) is 1.95. The zero-order valence-electron chi connectivity index (χ0n) is 13.0. The van der Waals surface area contributed by atoms with Crippen LogP contribution in [-0.4, -0.2) is 23.6 Å². The number of rotatable bonds is 6. The maximum absolute atomic E-state index is 5.35. The number of H-pyrrole nitrogens is 1. The lowest BCUT2D eigenvalue weighted by molar-refractivity contribution is 0.408. The number of imidazole rings is 1. The molecular formula is C18H21N3O. The summed E-state index contributed by atoms with van der Waals surface area (Å²) in [6.45, 7) is 3.76. The highest BCUT2D eigenvalue weighted by Gasteiger charge is 2.04. The Morgan fingerprint density at radius 1 is 1.18 bits per heavy atom. The standard InChI is InChI=1S/C18H21N3O/c1-13-7-8-15-16(11-13)21-18(20-15)9-10-19-12-14-5-3-4-6-17(14)22-2/h3-8,11,19H,9-10,12H2,1-2H3,(H,20,21). The summed E-state index contributed by atoms with van der Waals surface area (Å²) in [6, 6.07) is 14.4. The predicted octanol–water partition coefficient (Wildman–Crippen LogP) is 3.21. The van der Waals surface area contributed by atoms with Crippen LogP contribution in [0.25, 0.3) is 11.0 Å². The average molecular weight is 295 g/mol. The van der Waals surface area contributed by atoms with E-state index in [0.717, 1.165) is 42.1 Å². The van der Waals surface area contributed by atoms with Crippen molar-refractivity contribution in [1.82, 2.24) is 15.3 Å². The van der Waals surface area contributed by atoms with Crippen LogP contribution in [-0.2, 0) is 13.0 Å². The van der Waals surface area contributed by atoms with Gasteiger partial charge in [0.1, 0.15) is 11.6 Å². The van der Waals surface area contributed by atoms with Gasteiger partial charge >= 0.3 is 0 Å². The van der Waals surface area contributed by atoms with E-state index in [1.807, 2.05) is 18.2 Å². The van der Waals surface area contributed by atoms with Crippen molar-refractivity contribution in [1.29, 1.82) is 0 Å². The van der Waals surface area contributed by atoms with Gasteiger partial charge in [0.05, 0.1) is 18.1 Å². The smallest absolute Gasteiger partial charge is 0.123 e. The minimum atomic E-state index is 0.795. The molecular weight excluding hydrogens is 274 g/mol. The summed E-state index contributed by atoms with van der Waals surface area (Å²) in [4.78, 5) is 7.99. The molecule has 2 aromatic carbocycles. The molecule has 0 aliphatic heterocycles. The van der Waals surface area contributed by atoms with Crippen molar-refractivity contribution in [3.8, 4) is 5.75 Å². The predicted molar refractivity (Wildman–Crippen MR) is 89.2 cm³/mol. The topological polar surface area (TPSA) is 49.9 Å². The molecule has 0 spiro atoms. The fourth-order valence-electron chi connectivity index (χ4n) is 2.57. The molecule has 3 aromatic rings. The maximum atomic E-state index is 5.35. The summed E-state index contributed by atoms with van der Waals surface area (Å²) in [6.07, 6.45) is 0.878. The lowest BCUT2D eigenvalue weighted by atomic mass is 10.2. The van der Waals surface area contributed by atoms with Gasteiger partial charge in [0.2, 0.25) is 0 Å². The van der Waals surface area contributed by atoms with Gasteiger partial charge in [-0.05, 0) is 30.7 Å². The van der Waals surface area contributed by atoms with Crippen LogP contribution < -0.4 is 10.1 Å². The number of hydrogen-bond acceptors (Lipinski definition) is 3. The molecule has 0 amide bonds. The number of para-hydroxylation sites is 1. The molecule has 4 heteroatoms. The monoisotopic (exact) mass is 295 g/mol. The van der Waals surface area contributed by atoms with E-state index in [9.17, 15) is 0 Å². The number of fused-ring (bicyclic) bond motifs is 1. The van der Waals surface area contributed by atoms with Crippen LogP contribution in [0.1, 0.15) is 17.0 Å². The van der Waals surface area contributed by atoms with Crippen molar-refractivity contribution < 1.29 is 4.74 Å². The van der Waals surface area contributed by atoms with Crippen molar-refractivity contribution in [3.63, 3.8) is 0 Å². The first-order chi connectivity index (χ1) is 10.8. The van der Waals surface area contributed by atoms with Crippen molar-refractivity contribution in [2.24, 2.45) is 0 Å². The van der Waals surface area contributed by atoms with E-state index in [1.165, 1.54) is 11.1 Å². The van der Waals surface area contributed by atoms with Crippen LogP contribution in [0.4, 0.5) is 0 Å². The summed E-state index contributed by atoms with van der Waals surface area (Å²) in [5, 5.41) is 3.44. The Morgan fingerprint density at radius 3 is 2.91 bits per heavy atom. The van der Waals surface area contributed by atoms with Crippen LogP contribution >= 0.6 is 0 Å². The second-order valence-corrected chi connectivity index (χ2v) is 5.44. The van der Waals surface area contributed by atoms with Gasteiger partial charge in [-0.25, -0.2) is 4.98 Å². The van der Waals surface area contributed by atoms with Crippen molar-refractivity contribution in [2.45, 2.75) is 19.9 Å². The molecule has 114 valence electrons. The Hall–Kier alpha value is -2.33. The number of aromatic amines is 1. The van der Waals surface area contributed by atoms with Crippen LogP contribution in [0.3, 0.4) is 0 Å². The first kappa shape index (κ1) is 14.6. The summed E-state index contributed by atoms with van der Waals surface area (Å²) >= 11 is 0. The fraction of sp³-hybridized carbons (Fsp3) is 0.278.